The van der Waals surface area contributed by atoms with E-state index < -0.39 is 29.3 Å². The summed E-state index contributed by atoms with van der Waals surface area (Å²) in [5.41, 5.74) is -2.51. The minimum atomic E-state index is -1.87. The molecule has 0 aromatic rings. The zero-order valence-corrected chi connectivity index (χ0v) is 11.2. The molecule has 0 aromatic heterocycles. The fraction of sp³-hybridized carbons (Fsp3) is 0.833. The average molecular weight is 261 g/mol. The lowest BCUT2D eigenvalue weighted by Crippen LogP contribution is -2.42. The number of amides is 1. The summed E-state index contributed by atoms with van der Waals surface area (Å²) in [4.78, 5) is 23.8. The van der Waals surface area contributed by atoms with Crippen molar-refractivity contribution in [2.75, 3.05) is 13.1 Å². The highest BCUT2D eigenvalue weighted by molar-refractivity contribution is 5.72. The number of carbonyl (C=O) groups is 2. The van der Waals surface area contributed by atoms with Crippen molar-refractivity contribution in [2.24, 2.45) is 5.92 Å². The number of carboxylic acids is 1. The van der Waals surface area contributed by atoms with Gasteiger partial charge in [0.25, 0.3) is 0 Å². The van der Waals surface area contributed by atoms with E-state index in [9.17, 15) is 14.0 Å². The van der Waals surface area contributed by atoms with Gasteiger partial charge in [0.15, 0.2) is 0 Å². The van der Waals surface area contributed by atoms with Gasteiger partial charge in [-0.05, 0) is 27.7 Å². The topological polar surface area (TPSA) is 66.8 Å². The van der Waals surface area contributed by atoms with Crippen LogP contribution in [-0.4, -0.2) is 46.4 Å². The molecule has 0 aromatic carbocycles. The Balaban J connectivity index is 2.66. The molecule has 5 nitrogen and oxygen atoms in total. The van der Waals surface area contributed by atoms with E-state index in [0.717, 1.165) is 0 Å². The van der Waals surface area contributed by atoms with Gasteiger partial charge in [0.1, 0.15) is 11.3 Å². The predicted octanol–water partition coefficient (Wildman–Crippen LogP) is 2.06. The van der Waals surface area contributed by atoms with Crippen molar-refractivity contribution in [1.82, 2.24) is 4.90 Å². The van der Waals surface area contributed by atoms with Gasteiger partial charge in [0, 0.05) is 13.0 Å². The third kappa shape index (κ3) is 3.34. The number of halogens is 1. The Bertz CT molecular complexity index is 352. The Labute approximate surface area is 106 Å². The first kappa shape index (κ1) is 14.7. The van der Waals surface area contributed by atoms with Crippen LogP contribution < -0.4 is 0 Å². The molecule has 1 fully saturated rings. The van der Waals surface area contributed by atoms with E-state index in [1.807, 2.05) is 0 Å². The Morgan fingerprint density at radius 1 is 1.44 bits per heavy atom. The van der Waals surface area contributed by atoms with Crippen LogP contribution in [0.15, 0.2) is 0 Å². The molecule has 0 spiro atoms. The smallest absolute Gasteiger partial charge is 0.410 e. The molecule has 1 N–H and O–H groups in total. The van der Waals surface area contributed by atoms with Crippen molar-refractivity contribution in [3.63, 3.8) is 0 Å². The van der Waals surface area contributed by atoms with Gasteiger partial charge in [-0.15, -0.1) is 0 Å². The maximum Gasteiger partial charge on any atom is 0.410 e. The third-order valence-electron chi connectivity index (χ3n) is 3.05. The summed E-state index contributed by atoms with van der Waals surface area (Å²) in [6.07, 6.45) is -0.570. The molecule has 1 aliphatic heterocycles. The number of carboxylic acid groups (broad SMARTS) is 1. The molecule has 0 bridgehead atoms. The SMILES string of the molecule is CC(C(=O)O)C1(F)CCN(C(=O)OC(C)(C)C)C1. The standard InChI is InChI=1S/C12H20FNO4/c1-8(9(15)16)12(13)5-6-14(7-12)10(17)18-11(2,3)4/h8H,5-7H2,1-4H3,(H,15,16). The van der Waals surface area contributed by atoms with Crippen molar-refractivity contribution in [2.45, 2.75) is 45.4 Å². The van der Waals surface area contributed by atoms with Crippen LogP contribution in [-0.2, 0) is 9.53 Å². The van der Waals surface area contributed by atoms with E-state index >= 15 is 0 Å². The highest BCUT2D eigenvalue weighted by Gasteiger charge is 2.48. The molecule has 1 heterocycles. The van der Waals surface area contributed by atoms with E-state index in [2.05, 4.69) is 0 Å². The van der Waals surface area contributed by atoms with Gasteiger partial charge < -0.3 is 14.7 Å². The van der Waals surface area contributed by atoms with E-state index in [4.69, 9.17) is 9.84 Å². The lowest BCUT2D eigenvalue weighted by Gasteiger charge is -2.26. The van der Waals surface area contributed by atoms with Gasteiger partial charge in [-0.25, -0.2) is 9.18 Å². The van der Waals surface area contributed by atoms with Crippen LogP contribution in [0.3, 0.4) is 0 Å². The van der Waals surface area contributed by atoms with Crippen LogP contribution >= 0.6 is 0 Å². The fourth-order valence-corrected chi connectivity index (χ4v) is 1.85. The molecule has 0 saturated carbocycles. The summed E-state index contributed by atoms with van der Waals surface area (Å²) < 4.78 is 19.5. The predicted molar refractivity (Wildman–Crippen MR) is 63.1 cm³/mol. The molecular weight excluding hydrogens is 241 g/mol. The molecule has 0 radical (unpaired) electrons. The second-order valence-electron chi connectivity index (χ2n) is 5.75. The van der Waals surface area contributed by atoms with Crippen molar-refractivity contribution >= 4 is 12.1 Å². The number of hydrogen-bond acceptors (Lipinski definition) is 3. The Hall–Kier alpha value is -1.33. The van der Waals surface area contributed by atoms with Crippen LogP contribution in [0.4, 0.5) is 9.18 Å². The van der Waals surface area contributed by atoms with Crippen LogP contribution in [0.1, 0.15) is 34.1 Å². The number of carbonyl (C=O) groups excluding carboxylic acids is 1. The molecule has 1 saturated heterocycles. The number of aliphatic carboxylic acids is 1. The number of hydrogen-bond donors (Lipinski definition) is 1. The zero-order chi connectivity index (χ0) is 14.1. The fourth-order valence-electron chi connectivity index (χ4n) is 1.85. The van der Waals surface area contributed by atoms with Crippen molar-refractivity contribution in [3.05, 3.63) is 0 Å². The number of rotatable bonds is 2. The Morgan fingerprint density at radius 3 is 2.44 bits per heavy atom. The summed E-state index contributed by atoms with van der Waals surface area (Å²) in [7, 11) is 0. The zero-order valence-electron chi connectivity index (χ0n) is 11.2. The van der Waals surface area contributed by atoms with Crippen molar-refractivity contribution in [1.29, 1.82) is 0 Å². The molecule has 2 atom stereocenters. The van der Waals surface area contributed by atoms with Crippen LogP contribution in [0.5, 0.6) is 0 Å². The second kappa shape index (κ2) is 4.74. The van der Waals surface area contributed by atoms with E-state index in [0.29, 0.717) is 0 Å². The van der Waals surface area contributed by atoms with E-state index in [1.54, 1.807) is 20.8 Å². The monoisotopic (exact) mass is 261 g/mol. The van der Waals surface area contributed by atoms with Crippen LogP contribution in [0.2, 0.25) is 0 Å². The van der Waals surface area contributed by atoms with E-state index in [-0.39, 0.29) is 19.5 Å². The number of likely N-dealkylation sites (tertiary alicyclic amines) is 1. The van der Waals surface area contributed by atoms with Crippen molar-refractivity contribution < 1.29 is 23.8 Å². The summed E-state index contributed by atoms with van der Waals surface area (Å²) in [6, 6.07) is 0. The Kier molecular flexibility index (Phi) is 3.88. The number of alkyl halides is 1. The Morgan fingerprint density at radius 2 is 2.00 bits per heavy atom. The molecule has 1 amide bonds. The first-order chi connectivity index (χ1) is 8.05. The van der Waals surface area contributed by atoms with Gasteiger partial charge in [0.2, 0.25) is 0 Å². The van der Waals surface area contributed by atoms with Crippen LogP contribution in [0, 0.1) is 5.92 Å². The number of nitrogens with zero attached hydrogens (tertiary/aromatic N) is 1. The average Bonchev–Trinajstić information content (AvgIpc) is 2.58. The maximum atomic E-state index is 14.4. The molecule has 104 valence electrons. The summed E-state index contributed by atoms with van der Waals surface area (Å²) >= 11 is 0. The minimum absolute atomic E-state index is 0.0275. The molecule has 1 rings (SSSR count). The third-order valence-corrected chi connectivity index (χ3v) is 3.05. The quantitative estimate of drug-likeness (QED) is 0.826. The van der Waals surface area contributed by atoms with Crippen molar-refractivity contribution in [3.8, 4) is 0 Å². The second-order valence-corrected chi connectivity index (χ2v) is 5.75. The van der Waals surface area contributed by atoms with E-state index in [1.165, 1.54) is 11.8 Å². The first-order valence-electron chi connectivity index (χ1n) is 5.95. The van der Waals surface area contributed by atoms with Gasteiger partial charge in [-0.1, -0.05) is 0 Å². The summed E-state index contributed by atoms with van der Waals surface area (Å²) in [6.45, 7) is 6.45. The maximum absolute atomic E-state index is 14.4. The molecule has 0 aliphatic carbocycles. The van der Waals surface area contributed by atoms with Gasteiger partial charge in [0.05, 0.1) is 12.5 Å². The van der Waals surface area contributed by atoms with Gasteiger partial charge in [-0.2, -0.15) is 0 Å². The normalized spacial score (nSPS) is 25.9. The molecule has 2 unspecified atom stereocenters. The molecular formula is C12H20FNO4. The minimum Gasteiger partial charge on any atom is -0.481 e. The molecule has 6 heteroatoms. The lowest BCUT2D eigenvalue weighted by molar-refractivity contribution is -0.146. The van der Waals surface area contributed by atoms with Gasteiger partial charge in [-0.3, -0.25) is 4.79 Å². The highest BCUT2D eigenvalue weighted by Crippen LogP contribution is 2.34. The summed E-state index contributed by atoms with van der Waals surface area (Å²) in [5.74, 6) is -2.33. The first-order valence-corrected chi connectivity index (χ1v) is 5.95. The highest BCUT2D eigenvalue weighted by atomic mass is 19.1. The van der Waals surface area contributed by atoms with Gasteiger partial charge >= 0.3 is 12.1 Å². The lowest BCUT2D eigenvalue weighted by atomic mass is 9.90. The van der Waals surface area contributed by atoms with Crippen LogP contribution in [0.25, 0.3) is 0 Å². The number of ether oxygens (including phenoxy) is 1. The molecule has 1 aliphatic rings. The summed E-state index contributed by atoms with van der Waals surface area (Å²) in [5, 5.41) is 8.84. The molecule has 18 heavy (non-hydrogen) atoms. The largest absolute Gasteiger partial charge is 0.481 e.